The summed E-state index contributed by atoms with van der Waals surface area (Å²) in [5.74, 6) is 1.11. The van der Waals surface area contributed by atoms with Crippen molar-refractivity contribution in [2.45, 2.75) is 18.3 Å². The minimum atomic E-state index is -0.182. The number of benzene rings is 2. The topological polar surface area (TPSA) is 85.6 Å². The zero-order valence-corrected chi connectivity index (χ0v) is 18.2. The van der Waals surface area contributed by atoms with Crippen molar-refractivity contribution in [2.24, 2.45) is 0 Å². The number of carbonyl (C=O) groups excluding carboxylic acids is 1. The number of amides is 1. The summed E-state index contributed by atoms with van der Waals surface area (Å²) >= 11 is 7.24. The van der Waals surface area contributed by atoms with Crippen LogP contribution in [0, 0.1) is 0 Å². The number of anilines is 1. The van der Waals surface area contributed by atoms with Gasteiger partial charge in [0.25, 0.3) is 0 Å². The number of hydrogen-bond donors (Lipinski definition) is 2. The van der Waals surface area contributed by atoms with Gasteiger partial charge in [0.1, 0.15) is 0 Å². The van der Waals surface area contributed by atoms with Crippen LogP contribution in [-0.2, 0) is 17.9 Å². The van der Waals surface area contributed by atoms with Crippen molar-refractivity contribution in [3.8, 4) is 11.5 Å². The Labute approximate surface area is 184 Å². The molecule has 7 nitrogen and oxygen atoms in total. The van der Waals surface area contributed by atoms with E-state index in [-0.39, 0.29) is 18.3 Å². The van der Waals surface area contributed by atoms with E-state index in [4.69, 9.17) is 21.1 Å². The number of aliphatic hydroxyl groups excluding tert-OH is 1. The Bertz CT molecular complexity index is 1010. The lowest BCUT2D eigenvalue weighted by Crippen LogP contribution is -2.14. The summed E-state index contributed by atoms with van der Waals surface area (Å²) in [5.41, 5.74) is 2.20. The van der Waals surface area contributed by atoms with Crippen LogP contribution in [0.15, 0.2) is 53.8 Å². The molecule has 1 amide bonds. The Balaban J connectivity index is 1.65. The number of carbonyl (C=O) groups is 1. The van der Waals surface area contributed by atoms with Crippen molar-refractivity contribution in [3.63, 3.8) is 0 Å². The van der Waals surface area contributed by atoms with Crippen molar-refractivity contribution in [1.82, 2.24) is 9.55 Å². The van der Waals surface area contributed by atoms with E-state index < -0.39 is 0 Å². The van der Waals surface area contributed by atoms with Crippen molar-refractivity contribution in [2.75, 3.05) is 25.3 Å². The highest BCUT2D eigenvalue weighted by Gasteiger charge is 2.13. The van der Waals surface area contributed by atoms with Gasteiger partial charge in [0.05, 0.1) is 32.3 Å². The maximum atomic E-state index is 12.4. The molecule has 3 aromatic rings. The van der Waals surface area contributed by atoms with Crippen LogP contribution >= 0.6 is 23.4 Å². The molecule has 0 spiro atoms. The summed E-state index contributed by atoms with van der Waals surface area (Å²) < 4.78 is 12.4. The third kappa shape index (κ3) is 5.69. The molecule has 3 rings (SSSR count). The molecule has 0 aliphatic heterocycles. The van der Waals surface area contributed by atoms with Crippen LogP contribution in [0.1, 0.15) is 11.3 Å². The van der Waals surface area contributed by atoms with Crippen LogP contribution < -0.4 is 14.8 Å². The Kier molecular flexibility index (Phi) is 7.62. The van der Waals surface area contributed by atoms with E-state index in [1.54, 1.807) is 38.6 Å². The number of ether oxygens (including phenoxy) is 2. The second-order valence-corrected chi connectivity index (χ2v) is 7.71. The van der Waals surface area contributed by atoms with Gasteiger partial charge in [-0.15, -0.1) is 0 Å². The Morgan fingerprint density at radius 1 is 1.17 bits per heavy atom. The van der Waals surface area contributed by atoms with Crippen LogP contribution in [0.2, 0.25) is 5.02 Å². The average Bonchev–Trinajstić information content (AvgIpc) is 3.15. The molecule has 0 aliphatic carbocycles. The fourth-order valence-electron chi connectivity index (χ4n) is 2.78. The highest BCUT2D eigenvalue weighted by molar-refractivity contribution is 7.99. The minimum absolute atomic E-state index is 0.164. The molecule has 0 bridgehead atoms. The number of halogens is 1. The molecule has 2 N–H and O–H groups in total. The van der Waals surface area contributed by atoms with Gasteiger partial charge >= 0.3 is 0 Å². The number of rotatable bonds is 9. The van der Waals surface area contributed by atoms with E-state index in [0.717, 1.165) is 5.56 Å². The first-order chi connectivity index (χ1) is 14.5. The zero-order valence-electron chi connectivity index (χ0n) is 16.6. The van der Waals surface area contributed by atoms with Crippen LogP contribution in [0.3, 0.4) is 0 Å². The molecule has 0 fully saturated rings. The van der Waals surface area contributed by atoms with Crippen LogP contribution in [0.5, 0.6) is 11.5 Å². The highest BCUT2D eigenvalue weighted by Crippen LogP contribution is 2.30. The molecule has 0 radical (unpaired) electrons. The SMILES string of the molecule is COc1ccc(NC(=O)CSc2nc(CO)cn2Cc2ccc(Cl)cc2)cc1OC. The van der Waals surface area contributed by atoms with E-state index >= 15 is 0 Å². The number of imidazole rings is 1. The molecule has 0 aliphatic rings. The maximum Gasteiger partial charge on any atom is 0.234 e. The van der Waals surface area contributed by atoms with E-state index in [2.05, 4.69) is 10.3 Å². The molecule has 0 atom stereocenters. The molecule has 158 valence electrons. The van der Waals surface area contributed by atoms with Crippen molar-refractivity contribution in [3.05, 3.63) is 64.9 Å². The molecule has 9 heteroatoms. The van der Waals surface area contributed by atoms with Gasteiger partial charge in [-0.1, -0.05) is 35.5 Å². The summed E-state index contributed by atoms with van der Waals surface area (Å²) in [6, 6.07) is 12.7. The largest absolute Gasteiger partial charge is 0.493 e. The first kappa shape index (κ1) is 22.0. The molecule has 0 unspecified atom stereocenters. The monoisotopic (exact) mass is 447 g/mol. The van der Waals surface area contributed by atoms with E-state index in [0.29, 0.717) is 39.6 Å². The molecule has 2 aromatic carbocycles. The van der Waals surface area contributed by atoms with E-state index in [1.165, 1.54) is 11.8 Å². The third-order valence-electron chi connectivity index (χ3n) is 4.22. The molecule has 1 aromatic heterocycles. The minimum Gasteiger partial charge on any atom is -0.493 e. The van der Waals surface area contributed by atoms with E-state index in [1.807, 2.05) is 28.8 Å². The lowest BCUT2D eigenvalue weighted by molar-refractivity contribution is -0.113. The normalized spacial score (nSPS) is 10.7. The van der Waals surface area contributed by atoms with Gasteiger partial charge in [-0.3, -0.25) is 4.79 Å². The van der Waals surface area contributed by atoms with Gasteiger partial charge in [0.2, 0.25) is 5.91 Å². The lowest BCUT2D eigenvalue weighted by Gasteiger charge is -2.11. The number of aliphatic hydroxyl groups is 1. The first-order valence-electron chi connectivity index (χ1n) is 9.08. The third-order valence-corrected chi connectivity index (χ3v) is 5.46. The molecule has 1 heterocycles. The molecule has 0 saturated heterocycles. The van der Waals surface area contributed by atoms with E-state index in [9.17, 15) is 9.90 Å². The average molecular weight is 448 g/mol. The molecule has 0 saturated carbocycles. The Hall–Kier alpha value is -2.68. The zero-order chi connectivity index (χ0) is 21.5. The van der Waals surface area contributed by atoms with Gasteiger partial charge in [0.15, 0.2) is 16.7 Å². The smallest absolute Gasteiger partial charge is 0.234 e. The first-order valence-corrected chi connectivity index (χ1v) is 10.4. The van der Waals surface area contributed by atoms with Crippen LogP contribution in [0.25, 0.3) is 0 Å². The number of aromatic nitrogens is 2. The summed E-state index contributed by atoms with van der Waals surface area (Å²) in [4.78, 5) is 16.8. The van der Waals surface area contributed by atoms with Crippen molar-refractivity contribution in [1.29, 1.82) is 0 Å². The Morgan fingerprint density at radius 2 is 1.90 bits per heavy atom. The number of nitrogens with one attached hydrogen (secondary N) is 1. The second-order valence-electron chi connectivity index (χ2n) is 6.33. The van der Waals surface area contributed by atoms with Crippen LogP contribution in [0.4, 0.5) is 5.69 Å². The van der Waals surface area contributed by atoms with Gasteiger partial charge < -0.3 is 24.5 Å². The van der Waals surface area contributed by atoms with Crippen molar-refractivity contribution >= 4 is 35.0 Å². The number of nitrogens with zero attached hydrogens (tertiary/aromatic N) is 2. The quantitative estimate of drug-likeness (QED) is 0.485. The summed E-state index contributed by atoms with van der Waals surface area (Å²) in [7, 11) is 3.10. The standard InChI is InChI=1S/C21H22ClN3O4S/c1-28-18-8-7-16(9-19(18)29-2)23-20(27)13-30-21-24-17(12-26)11-25(21)10-14-3-5-15(22)6-4-14/h3-9,11,26H,10,12-13H2,1-2H3,(H,23,27). The highest BCUT2D eigenvalue weighted by atomic mass is 35.5. The predicted octanol–water partition coefficient (Wildman–Crippen LogP) is 3.83. The van der Waals surface area contributed by atoms with Crippen LogP contribution in [-0.4, -0.2) is 40.5 Å². The number of methoxy groups -OCH3 is 2. The number of hydrogen-bond acceptors (Lipinski definition) is 6. The maximum absolute atomic E-state index is 12.4. The summed E-state index contributed by atoms with van der Waals surface area (Å²) in [5, 5.41) is 13.6. The summed E-state index contributed by atoms with van der Waals surface area (Å²) in [6.45, 7) is 0.392. The van der Waals surface area contributed by atoms with Gasteiger partial charge in [-0.25, -0.2) is 4.98 Å². The fourth-order valence-corrected chi connectivity index (χ4v) is 3.71. The van der Waals surface area contributed by atoms with Gasteiger partial charge in [-0.2, -0.15) is 0 Å². The second kappa shape index (κ2) is 10.4. The molecular formula is C21H22ClN3O4S. The lowest BCUT2D eigenvalue weighted by atomic mass is 10.2. The molecular weight excluding hydrogens is 426 g/mol. The Morgan fingerprint density at radius 3 is 2.57 bits per heavy atom. The number of thioether (sulfide) groups is 1. The van der Waals surface area contributed by atoms with Gasteiger partial charge in [-0.05, 0) is 29.8 Å². The molecule has 30 heavy (non-hydrogen) atoms. The summed E-state index contributed by atoms with van der Waals surface area (Å²) in [6.07, 6.45) is 1.78. The predicted molar refractivity (Wildman–Crippen MR) is 118 cm³/mol. The van der Waals surface area contributed by atoms with Gasteiger partial charge in [0, 0.05) is 29.5 Å². The fraction of sp³-hybridized carbons (Fsp3) is 0.238. The van der Waals surface area contributed by atoms with Crippen molar-refractivity contribution < 1.29 is 19.4 Å².